The molecule has 1 aliphatic rings. The number of carbonyl (C=O) groups excluding carboxylic acids is 1. The standard InChI is InChI=1S/C29H35NO3Si/c1-19-15-23(16-20(2)26(19)33-34(6,7)28(3,4)5)29(32)24-14-13-22(18-25(24)30-27(29)31)17-21-11-9-8-10-12-21/h8-16,18,32H,17H2,1-7H3,(H,30,31). The Morgan fingerprint density at radius 1 is 0.941 bits per heavy atom. The third-order valence-corrected chi connectivity index (χ3v) is 11.7. The molecule has 178 valence electrons. The van der Waals surface area contributed by atoms with E-state index in [9.17, 15) is 9.90 Å². The number of benzene rings is 3. The van der Waals surface area contributed by atoms with Gasteiger partial charge >= 0.3 is 0 Å². The molecule has 0 bridgehead atoms. The van der Waals surface area contributed by atoms with Gasteiger partial charge in [0.15, 0.2) is 5.60 Å². The van der Waals surface area contributed by atoms with E-state index in [2.05, 4.69) is 51.3 Å². The maximum absolute atomic E-state index is 13.1. The zero-order valence-corrected chi connectivity index (χ0v) is 22.2. The van der Waals surface area contributed by atoms with Crippen molar-refractivity contribution >= 4 is 19.9 Å². The molecule has 1 unspecified atom stereocenters. The van der Waals surface area contributed by atoms with Crippen LogP contribution in [0.15, 0.2) is 60.7 Å². The number of carbonyl (C=O) groups is 1. The van der Waals surface area contributed by atoms with Gasteiger partial charge in [-0.2, -0.15) is 0 Å². The first-order chi connectivity index (χ1) is 15.8. The molecule has 1 heterocycles. The average Bonchev–Trinajstić information content (AvgIpc) is 3.01. The smallest absolute Gasteiger partial charge is 0.265 e. The van der Waals surface area contributed by atoms with Gasteiger partial charge < -0.3 is 14.8 Å². The third kappa shape index (κ3) is 4.19. The number of anilines is 1. The lowest BCUT2D eigenvalue weighted by Crippen LogP contribution is -2.44. The van der Waals surface area contributed by atoms with Crippen LogP contribution in [-0.4, -0.2) is 19.3 Å². The fourth-order valence-electron chi connectivity index (χ4n) is 4.30. The van der Waals surface area contributed by atoms with E-state index < -0.39 is 19.8 Å². The molecule has 0 radical (unpaired) electrons. The van der Waals surface area contributed by atoms with Crippen LogP contribution in [0.2, 0.25) is 18.1 Å². The molecule has 2 N–H and O–H groups in total. The minimum Gasteiger partial charge on any atom is -0.543 e. The van der Waals surface area contributed by atoms with Crippen LogP contribution in [-0.2, 0) is 16.8 Å². The van der Waals surface area contributed by atoms with Gasteiger partial charge in [-0.3, -0.25) is 4.79 Å². The second kappa shape index (κ2) is 8.40. The van der Waals surface area contributed by atoms with Crippen LogP contribution < -0.4 is 9.74 Å². The van der Waals surface area contributed by atoms with Crippen molar-refractivity contribution in [3.8, 4) is 5.75 Å². The Labute approximate surface area is 204 Å². The lowest BCUT2D eigenvalue weighted by Gasteiger charge is -2.37. The minimum atomic E-state index is -2.03. The molecule has 0 fully saturated rings. The molecular weight excluding hydrogens is 438 g/mol. The van der Waals surface area contributed by atoms with Gasteiger partial charge in [0.1, 0.15) is 5.75 Å². The summed E-state index contributed by atoms with van der Waals surface area (Å²) >= 11 is 0. The number of aliphatic hydroxyl groups is 1. The number of fused-ring (bicyclic) bond motifs is 1. The quantitative estimate of drug-likeness (QED) is 0.418. The van der Waals surface area contributed by atoms with Crippen molar-refractivity contribution in [2.45, 2.75) is 64.8 Å². The summed E-state index contributed by atoms with van der Waals surface area (Å²) in [5.41, 5.74) is 4.23. The number of aryl methyl sites for hydroxylation is 2. The fraction of sp³-hybridized carbons (Fsp3) is 0.345. The summed E-state index contributed by atoms with van der Waals surface area (Å²) < 4.78 is 6.60. The highest BCUT2D eigenvalue weighted by atomic mass is 28.4. The van der Waals surface area contributed by atoms with E-state index in [0.717, 1.165) is 28.9 Å². The Kier molecular flexibility index (Phi) is 5.99. The number of rotatable bonds is 5. The van der Waals surface area contributed by atoms with Crippen molar-refractivity contribution in [3.05, 3.63) is 94.0 Å². The van der Waals surface area contributed by atoms with Crippen LogP contribution in [0, 0.1) is 13.8 Å². The molecule has 5 heteroatoms. The largest absolute Gasteiger partial charge is 0.543 e. The van der Waals surface area contributed by atoms with Gasteiger partial charge in [-0.25, -0.2) is 0 Å². The molecule has 0 saturated carbocycles. The van der Waals surface area contributed by atoms with Crippen molar-refractivity contribution < 1.29 is 14.3 Å². The van der Waals surface area contributed by atoms with Gasteiger partial charge in [0.25, 0.3) is 14.2 Å². The second-order valence-electron chi connectivity index (χ2n) is 11.0. The summed E-state index contributed by atoms with van der Waals surface area (Å²) in [6.45, 7) is 15.1. The molecule has 0 spiro atoms. The molecule has 3 aromatic rings. The molecule has 1 atom stereocenters. The summed E-state index contributed by atoms with van der Waals surface area (Å²) in [4.78, 5) is 13.1. The molecular formula is C29H35NO3Si. The Bertz CT molecular complexity index is 1220. The first-order valence-corrected chi connectivity index (χ1v) is 14.8. The van der Waals surface area contributed by atoms with Gasteiger partial charge in [0.05, 0.1) is 0 Å². The first kappa shape index (κ1) is 24.2. The van der Waals surface area contributed by atoms with Crippen molar-refractivity contribution in [1.29, 1.82) is 0 Å². The normalized spacial score (nSPS) is 17.9. The molecule has 0 aromatic heterocycles. The van der Waals surface area contributed by atoms with Gasteiger partial charge in [0, 0.05) is 11.3 Å². The molecule has 4 nitrogen and oxygen atoms in total. The van der Waals surface area contributed by atoms with Crippen LogP contribution in [0.1, 0.15) is 54.2 Å². The predicted molar refractivity (Wildman–Crippen MR) is 141 cm³/mol. The number of hydrogen-bond donors (Lipinski definition) is 2. The monoisotopic (exact) mass is 473 g/mol. The van der Waals surface area contributed by atoms with Crippen molar-refractivity contribution in [2.75, 3.05) is 5.32 Å². The highest BCUT2D eigenvalue weighted by Crippen LogP contribution is 2.44. The van der Waals surface area contributed by atoms with Gasteiger partial charge in [-0.05, 0) is 84.4 Å². The van der Waals surface area contributed by atoms with Gasteiger partial charge in [0.2, 0.25) is 0 Å². The van der Waals surface area contributed by atoms with E-state index in [4.69, 9.17) is 4.43 Å². The van der Waals surface area contributed by atoms with Crippen LogP contribution in [0.25, 0.3) is 0 Å². The Morgan fingerprint density at radius 3 is 2.15 bits per heavy atom. The zero-order valence-electron chi connectivity index (χ0n) is 21.2. The SMILES string of the molecule is Cc1cc(C2(O)C(=O)Nc3cc(Cc4ccccc4)ccc32)cc(C)c1O[Si](C)(C)C(C)(C)C. The van der Waals surface area contributed by atoms with Crippen molar-refractivity contribution in [3.63, 3.8) is 0 Å². The minimum absolute atomic E-state index is 0.0739. The highest BCUT2D eigenvalue weighted by molar-refractivity contribution is 6.74. The van der Waals surface area contributed by atoms with Gasteiger partial charge in [-0.1, -0.05) is 63.2 Å². The van der Waals surface area contributed by atoms with Crippen LogP contribution in [0.4, 0.5) is 5.69 Å². The van der Waals surface area contributed by atoms with E-state index >= 15 is 0 Å². The molecule has 1 aliphatic heterocycles. The summed E-state index contributed by atoms with van der Waals surface area (Å²) in [6.07, 6.45) is 0.764. The number of nitrogens with one attached hydrogen (secondary N) is 1. The molecule has 3 aromatic carbocycles. The van der Waals surface area contributed by atoms with Crippen LogP contribution >= 0.6 is 0 Å². The molecule has 0 saturated heterocycles. The Balaban J connectivity index is 1.69. The zero-order chi connectivity index (χ0) is 24.9. The first-order valence-electron chi connectivity index (χ1n) is 11.8. The maximum atomic E-state index is 13.1. The molecule has 0 aliphatic carbocycles. The number of hydrogen-bond acceptors (Lipinski definition) is 3. The van der Waals surface area contributed by atoms with E-state index in [0.29, 0.717) is 16.8 Å². The Morgan fingerprint density at radius 2 is 1.56 bits per heavy atom. The third-order valence-electron chi connectivity index (χ3n) is 7.34. The average molecular weight is 474 g/mol. The van der Waals surface area contributed by atoms with E-state index in [-0.39, 0.29) is 5.04 Å². The van der Waals surface area contributed by atoms with Crippen molar-refractivity contribution in [1.82, 2.24) is 0 Å². The summed E-state index contributed by atoms with van der Waals surface area (Å²) in [5.74, 6) is 0.437. The highest BCUT2D eigenvalue weighted by Gasteiger charge is 2.47. The Hall–Kier alpha value is -2.89. The summed E-state index contributed by atoms with van der Waals surface area (Å²) in [7, 11) is -2.03. The van der Waals surface area contributed by atoms with Crippen LogP contribution in [0.5, 0.6) is 5.75 Å². The molecule has 34 heavy (non-hydrogen) atoms. The summed E-state index contributed by atoms with van der Waals surface area (Å²) in [6, 6.07) is 19.8. The van der Waals surface area contributed by atoms with E-state index in [1.165, 1.54) is 5.56 Å². The molecule has 1 amide bonds. The van der Waals surface area contributed by atoms with Crippen molar-refractivity contribution in [2.24, 2.45) is 0 Å². The van der Waals surface area contributed by atoms with Gasteiger partial charge in [-0.15, -0.1) is 0 Å². The fourth-order valence-corrected chi connectivity index (χ4v) is 5.44. The summed E-state index contributed by atoms with van der Waals surface area (Å²) in [5, 5.41) is 14.7. The van der Waals surface area contributed by atoms with E-state index in [1.807, 2.05) is 62.4 Å². The lowest BCUT2D eigenvalue weighted by atomic mass is 9.85. The number of amides is 1. The molecule has 4 rings (SSSR count). The topological polar surface area (TPSA) is 58.6 Å². The maximum Gasteiger partial charge on any atom is 0.265 e. The van der Waals surface area contributed by atoms with Crippen LogP contribution in [0.3, 0.4) is 0 Å². The predicted octanol–water partition coefficient (Wildman–Crippen LogP) is 6.47. The lowest BCUT2D eigenvalue weighted by molar-refractivity contribution is -0.129. The second-order valence-corrected chi connectivity index (χ2v) is 15.7. The van der Waals surface area contributed by atoms with E-state index in [1.54, 1.807) is 0 Å².